The lowest BCUT2D eigenvalue weighted by Gasteiger charge is -2.11. The second-order valence-electron chi connectivity index (χ2n) is 4.44. The number of carbonyl (C=O) groups is 1. The summed E-state index contributed by atoms with van der Waals surface area (Å²) in [6.45, 7) is 2.32. The first kappa shape index (κ1) is 15.5. The molecular weight excluding hydrogens is 278 g/mol. The summed E-state index contributed by atoms with van der Waals surface area (Å²) >= 11 is 0. The highest BCUT2D eigenvalue weighted by Crippen LogP contribution is 2.26. The van der Waals surface area contributed by atoms with Gasteiger partial charge in [0.25, 0.3) is 5.91 Å². The van der Waals surface area contributed by atoms with E-state index in [0.717, 1.165) is 0 Å². The third-order valence-electron chi connectivity index (χ3n) is 2.82. The maximum atomic E-state index is 11.9. The average Bonchev–Trinajstić information content (AvgIpc) is 2.54. The van der Waals surface area contributed by atoms with Crippen molar-refractivity contribution in [1.82, 2.24) is 0 Å². The molecule has 0 bridgehead atoms. The van der Waals surface area contributed by atoms with Gasteiger partial charge in [-0.25, -0.2) is 0 Å². The van der Waals surface area contributed by atoms with E-state index in [1.807, 2.05) is 19.1 Å². The van der Waals surface area contributed by atoms with Crippen LogP contribution < -0.4 is 14.8 Å². The summed E-state index contributed by atoms with van der Waals surface area (Å²) in [6, 6.07) is 14.3. The molecule has 0 atom stereocenters. The third kappa shape index (κ3) is 4.29. The van der Waals surface area contributed by atoms with E-state index in [2.05, 4.69) is 11.2 Å². The van der Waals surface area contributed by atoms with Crippen LogP contribution in [0.1, 0.15) is 12.5 Å². The smallest absolute Gasteiger partial charge is 0.262 e. The molecule has 0 fully saturated rings. The molecule has 1 N–H and O–H groups in total. The summed E-state index contributed by atoms with van der Waals surface area (Å²) in [5.74, 6) is 3.41. The van der Waals surface area contributed by atoms with Gasteiger partial charge in [-0.2, -0.15) is 0 Å². The Bertz CT molecular complexity index is 689. The molecule has 112 valence electrons. The maximum absolute atomic E-state index is 11.9. The van der Waals surface area contributed by atoms with Gasteiger partial charge >= 0.3 is 0 Å². The molecule has 0 aliphatic heterocycles. The minimum atomic E-state index is -0.263. The van der Waals surface area contributed by atoms with Crippen LogP contribution in [0.3, 0.4) is 0 Å². The quantitative estimate of drug-likeness (QED) is 0.833. The Kier molecular flexibility index (Phi) is 5.44. The van der Waals surface area contributed by atoms with Crippen LogP contribution in [0.25, 0.3) is 0 Å². The van der Waals surface area contributed by atoms with Crippen molar-refractivity contribution in [2.75, 3.05) is 18.5 Å². The van der Waals surface area contributed by atoms with Gasteiger partial charge in [0.2, 0.25) is 0 Å². The Labute approximate surface area is 130 Å². The van der Waals surface area contributed by atoms with Crippen LogP contribution >= 0.6 is 0 Å². The molecule has 2 rings (SSSR count). The van der Waals surface area contributed by atoms with Crippen molar-refractivity contribution in [2.24, 2.45) is 0 Å². The molecule has 22 heavy (non-hydrogen) atoms. The summed E-state index contributed by atoms with van der Waals surface area (Å²) in [5.41, 5.74) is 1.35. The molecule has 0 aliphatic carbocycles. The van der Waals surface area contributed by atoms with Crippen molar-refractivity contribution >= 4 is 11.6 Å². The number of amides is 1. The van der Waals surface area contributed by atoms with Crippen molar-refractivity contribution in [1.29, 1.82) is 0 Å². The summed E-state index contributed by atoms with van der Waals surface area (Å²) in [6.07, 6.45) is 5.33. The highest BCUT2D eigenvalue weighted by atomic mass is 16.5. The Hall–Kier alpha value is -2.93. The van der Waals surface area contributed by atoms with Crippen LogP contribution in [0, 0.1) is 12.3 Å². The molecule has 0 radical (unpaired) electrons. The number of anilines is 1. The van der Waals surface area contributed by atoms with Gasteiger partial charge in [0, 0.05) is 11.3 Å². The molecule has 0 aromatic heterocycles. The van der Waals surface area contributed by atoms with Gasteiger partial charge in [-0.05, 0) is 37.3 Å². The second-order valence-corrected chi connectivity index (χ2v) is 4.44. The van der Waals surface area contributed by atoms with E-state index in [0.29, 0.717) is 29.4 Å². The first-order valence-electron chi connectivity index (χ1n) is 6.94. The van der Waals surface area contributed by atoms with Gasteiger partial charge in [-0.15, -0.1) is 6.42 Å². The summed E-state index contributed by atoms with van der Waals surface area (Å²) in [5, 5.41) is 2.74. The van der Waals surface area contributed by atoms with E-state index in [1.165, 1.54) is 0 Å². The van der Waals surface area contributed by atoms with Crippen molar-refractivity contribution < 1.29 is 14.3 Å². The number of carbonyl (C=O) groups excluding carboxylic acids is 1. The number of para-hydroxylation sites is 2. The zero-order chi connectivity index (χ0) is 15.8. The minimum absolute atomic E-state index is 0.107. The van der Waals surface area contributed by atoms with Gasteiger partial charge in [0.05, 0.1) is 6.61 Å². The molecule has 1 amide bonds. The third-order valence-corrected chi connectivity index (χ3v) is 2.82. The van der Waals surface area contributed by atoms with E-state index in [-0.39, 0.29) is 12.5 Å². The monoisotopic (exact) mass is 295 g/mol. The van der Waals surface area contributed by atoms with Crippen LogP contribution in [-0.2, 0) is 4.79 Å². The van der Waals surface area contributed by atoms with Gasteiger partial charge in [0.15, 0.2) is 18.1 Å². The molecule has 2 aromatic rings. The molecule has 0 spiro atoms. The highest BCUT2D eigenvalue weighted by Gasteiger charge is 2.07. The zero-order valence-electron chi connectivity index (χ0n) is 12.3. The summed E-state index contributed by atoms with van der Waals surface area (Å²) in [4.78, 5) is 11.9. The minimum Gasteiger partial charge on any atom is -0.490 e. The molecule has 2 aromatic carbocycles. The van der Waals surface area contributed by atoms with E-state index >= 15 is 0 Å². The summed E-state index contributed by atoms with van der Waals surface area (Å²) in [7, 11) is 0. The molecule has 0 unspecified atom stereocenters. The fourth-order valence-electron chi connectivity index (χ4n) is 1.87. The lowest BCUT2D eigenvalue weighted by Crippen LogP contribution is -2.20. The fourth-order valence-corrected chi connectivity index (χ4v) is 1.87. The van der Waals surface area contributed by atoms with Gasteiger partial charge < -0.3 is 14.8 Å². The van der Waals surface area contributed by atoms with E-state index in [4.69, 9.17) is 15.9 Å². The lowest BCUT2D eigenvalue weighted by molar-refractivity contribution is -0.118. The number of ether oxygens (including phenoxy) is 2. The largest absolute Gasteiger partial charge is 0.490 e. The van der Waals surface area contributed by atoms with Crippen LogP contribution in [0.2, 0.25) is 0 Å². The van der Waals surface area contributed by atoms with E-state index in [9.17, 15) is 4.79 Å². The Morgan fingerprint density at radius 2 is 1.86 bits per heavy atom. The number of hydrogen-bond donors (Lipinski definition) is 1. The molecule has 4 nitrogen and oxygen atoms in total. The van der Waals surface area contributed by atoms with Crippen LogP contribution in [0.5, 0.6) is 11.5 Å². The van der Waals surface area contributed by atoms with E-state index in [1.54, 1.807) is 36.4 Å². The summed E-state index contributed by atoms with van der Waals surface area (Å²) < 4.78 is 10.9. The van der Waals surface area contributed by atoms with Crippen molar-refractivity contribution in [3.8, 4) is 23.8 Å². The molecule has 0 aliphatic rings. The number of rotatable bonds is 6. The first-order chi connectivity index (χ1) is 10.7. The zero-order valence-corrected chi connectivity index (χ0v) is 12.3. The Morgan fingerprint density at radius 1 is 1.14 bits per heavy atom. The fraction of sp³-hybridized carbons (Fsp3) is 0.167. The SMILES string of the molecule is C#Cc1cccc(NC(=O)COc2ccccc2OCC)c1. The van der Waals surface area contributed by atoms with Gasteiger partial charge in [-0.1, -0.05) is 24.1 Å². The van der Waals surface area contributed by atoms with Crippen molar-refractivity contribution in [3.05, 3.63) is 54.1 Å². The van der Waals surface area contributed by atoms with E-state index < -0.39 is 0 Å². The normalized spacial score (nSPS) is 9.64. The maximum Gasteiger partial charge on any atom is 0.262 e. The number of hydrogen-bond acceptors (Lipinski definition) is 3. The van der Waals surface area contributed by atoms with Crippen LogP contribution in [-0.4, -0.2) is 19.1 Å². The lowest BCUT2D eigenvalue weighted by atomic mass is 10.2. The Balaban J connectivity index is 1.94. The number of nitrogens with one attached hydrogen (secondary N) is 1. The predicted octanol–water partition coefficient (Wildman–Crippen LogP) is 3.08. The topological polar surface area (TPSA) is 47.6 Å². The molecule has 4 heteroatoms. The molecule has 0 heterocycles. The highest BCUT2D eigenvalue weighted by molar-refractivity contribution is 5.92. The van der Waals surface area contributed by atoms with Crippen molar-refractivity contribution in [3.63, 3.8) is 0 Å². The molecular formula is C18H17NO3. The second kappa shape index (κ2) is 7.75. The molecule has 0 saturated carbocycles. The number of benzene rings is 2. The predicted molar refractivity (Wildman–Crippen MR) is 86.1 cm³/mol. The van der Waals surface area contributed by atoms with Gasteiger partial charge in [0.1, 0.15) is 0 Å². The van der Waals surface area contributed by atoms with Crippen LogP contribution in [0.4, 0.5) is 5.69 Å². The molecule has 0 saturated heterocycles. The first-order valence-corrected chi connectivity index (χ1v) is 6.94. The Morgan fingerprint density at radius 3 is 2.55 bits per heavy atom. The number of terminal acetylenes is 1. The van der Waals surface area contributed by atoms with Gasteiger partial charge in [-0.3, -0.25) is 4.79 Å². The van der Waals surface area contributed by atoms with Crippen molar-refractivity contribution in [2.45, 2.75) is 6.92 Å². The standard InChI is InChI=1S/C18H17NO3/c1-3-14-8-7-9-15(12-14)19-18(20)13-22-17-11-6-5-10-16(17)21-4-2/h1,5-12H,4,13H2,2H3,(H,19,20). The van der Waals surface area contributed by atoms with Crippen LogP contribution in [0.15, 0.2) is 48.5 Å². The average molecular weight is 295 g/mol.